The van der Waals surface area contributed by atoms with Gasteiger partial charge in [0, 0.05) is 7.05 Å². The van der Waals surface area contributed by atoms with Crippen molar-refractivity contribution in [2.75, 3.05) is 11.4 Å². The van der Waals surface area contributed by atoms with Crippen LogP contribution in [0.5, 0.6) is 0 Å². The van der Waals surface area contributed by atoms with Gasteiger partial charge in [-0.25, -0.2) is 12.8 Å². The molecule has 0 aromatic heterocycles. The highest BCUT2D eigenvalue weighted by atomic mass is 79.9. The molecule has 0 radical (unpaired) electrons. The van der Waals surface area contributed by atoms with Crippen LogP contribution in [0, 0.1) is 5.82 Å². The summed E-state index contributed by atoms with van der Waals surface area (Å²) in [7, 11) is -2.32. The average molecular weight is 344 g/mol. The number of benzene rings is 2. The summed E-state index contributed by atoms with van der Waals surface area (Å²) in [6, 6.07) is 12.4. The Labute approximate surface area is 119 Å². The summed E-state index contributed by atoms with van der Waals surface area (Å²) in [6.45, 7) is 0. The van der Waals surface area contributed by atoms with E-state index in [1.807, 2.05) is 0 Å². The second-order valence-corrected chi connectivity index (χ2v) is 6.71. The summed E-state index contributed by atoms with van der Waals surface area (Å²) in [5.41, 5.74) is 0.519. The predicted octanol–water partition coefficient (Wildman–Crippen LogP) is 3.41. The maximum atomic E-state index is 13.4. The molecule has 19 heavy (non-hydrogen) atoms. The Morgan fingerprint density at radius 2 is 1.74 bits per heavy atom. The molecule has 0 fully saturated rings. The van der Waals surface area contributed by atoms with Crippen LogP contribution in [0.4, 0.5) is 10.1 Å². The number of hydrogen-bond acceptors (Lipinski definition) is 2. The number of nitrogens with zero attached hydrogens (tertiary/aromatic N) is 1. The number of para-hydroxylation sites is 1. The Kier molecular flexibility index (Phi) is 3.91. The third kappa shape index (κ3) is 2.79. The Hall–Kier alpha value is -1.40. The Morgan fingerprint density at radius 3 is 2.32 bits per heavy atom. The van der Waals surface area contributed by atoms with Crippen LogP contribution in [0.3, 0.4) is 0 Å². The van der Waals surface area contributed by atoms with Crippen LogP contribution in [0.1, 0.15) is 0 Å². The lowest BCUT2D eigenvalue weighted by molar-refractivity contribution is 0.588. The van der Waals surface area contributed by atoms with Gasteiger partial charge in [0.05, 0.1) is 15.1 Å². The molecule has 0 unspecified atom stereocenters. The zero-order valence-corrected chi connectivity index (χ0v) is 12.4. The number of sulfonamides is 1. The van der Waals surface area contributed by atoms with Gasteiger partial charge in [0.2, 0.25) is 0 Å². The van der Waals surface area contributed by atoms with Gasteiger partial charge in [-0.3, -0.25) is 4.31 Å². The van der Waals surface area contributed by atoms with E-state index >= 15 is 0 Å². The SMILES string of the molecule is CN(c1ccccc1)S(=O)(=O)c1ccc(Br)c(F)c1. The second kappa shape index (κ2) is 5.30. The van der Waals surface area contributed by atoms with Crippen molar-refractivity contribution in [2.45, 2.75) is 4.90 Å². The first-order valence-corrected chi connectivity index (χ1v) is 7.65. The first kappa shape index (κ1) is 14.0. The molecule has 0 bridgehead atoms. The van der Waals surface area contributed by atoms with Gasteiger partial charge in [-0.1, -0.05) is 18.2 Å². The van der Waals surface area contributed by atoms with E-state index in [0.717, 1.165) is 10.4 Å². The summed E-state index contributed by atoms with van der Waals surface area (Å²) in [5, 5.41) is 0. The lowest BCUT2D eigenvalue weighted by Gasteiger charge is -2.19. The maximum Gasteiger partial charge on any atom is 0.264 e. The molecule has 0 atom stereocenters. The van der Waals surface area contributed by atoms with Crippen LogP contribution in [0.25, 0.3) is 0 Å². The van der Waals surface area contributed by atoms with Crippen LogP contribution < -0.4 is 4.31 Å². The van der Waals surface area contributed by atoms with Gasteiger partial charge < -0.3 is 0 Å². The third-order valence-corrected chi connectivity index (χ3v) is 5.09. The molecule has 100 valence electrons. The molecular weight excluding hydrogens is 333 g/mol. The van der Waals surface area contributed by atoms with Crippen molar-refractivity contribution in [3.05, 3.63) is 58.8 Å². The quantitative estimate of drug-likeness (QED) is 0.856. The summed E-state index contributed by atoms with van der Waals surface area (Å²) >= 11 is 2.99. The topological polar surface area (TPSA) is 37.4 Å². The maximum absolute atomic E-state index is 13.4. The monoisotopic (exact) mass is 343 g/mol. The first-order chi connectivity index (χ1) is 8.93. The summed E-state index contributed by atoms with van der Waals surface area (Å²) in [5.74, 6) is -0.609. The second-order valence-electron chi connectivity index (χ2n) is 3.88. The van der Waals surface area contributed by atoms with E-state index in [9.17, 15) is 12.8 Å². The van der Waals surface area contributed by atoms with E-state index in [2.05, 4.69) is 15.9 Å². The minimum Gasteiger partial charge on any atom is -0.269 e. The normalized spacial score (nSPS) is 11.3. The highest BCUT2D eigenvalue weighted by Gasteiger charge is 2.22. The van der Waals surface area contributed by atoms with Crippen molar-refractivity contribution in [1.29, 1.82) is 0 Å². The van der Waals surface area contributed by atoms with Gasteiger partial charge in [0.25, 0.3) is 10.0 Å². The van der Waals surface area contributed by atoms with Gasteiger partial charge >= 0.3 is 0 Å². The fourth-order valence-electron chi connectivity index (χ4n) is 1.57. The largest absolute Gasteiger partial charge is 0.269 e. The van der Waals surface area contributed by atoms with Crippen molar-refractivity contribution in [3.63, 3.8) is 0 Å². The predicted molar refractivity (Wildman–Crippen MR) is 76.1 cm³/mol. The molecule has 0 amide bonds. The van der Waals surface area contributed by atoms with Gasteiger partial charge in [0.15, 0.2) is 0 Å². The van der Waals surface area contributed by atoms with E-state index < -0.39 is 15.8 Å². The van der Waals surface area contributed by atoms with E-state index in [1.165, 1.54) is 19.2 Å². The number of hydrogen-bond donors (Lipinski definition) is 0. The average Bonchev–Trinajstić information content (AvgIpc) is 2.41. The van der Waals surface area contributed by atoms with Crippen LogP contribution in [-0.2, 0) is 10.0 Å². The minimum atomic E-state index is -3.76. The summed E-state index contributed by atoms with van der Waals surface area (Å²) in [4.78, 5) is -0.0837. The number of halogens is 2. The smallest absolute Gasteiger partial charge is 0.264 e. The third-order valence-electron chi connectivity index (χ3n) is 2.67. The molecule has 6 heteroatoms. The molecule has 0 spiro atoms. The molecule has 2 rings (SSSR count). The van der Waals surface area contributed by atoms with E-state index in [-0.39, 0.29) is 9.37 Å². The van der Waals surface area contributed by atoms with E-state index in [1.54, 1.807) is 30.3 Å². The number of anilines is 1. The Morgan fingerprint density at radius 1 is 1.11 bits per heavy atom. The lowest BCUT2D eigenvalue weighted by atomic mass is 10.3. The zero-order chi connectivity index (χ0) is 14.0. The molecule has 0 saturated carbocycles. The molecule has 0 saturated heterocycles. The molecule has 2 aromatic rings. The first-order valence-electron chi connectivity index (χ1n) is 5.42. The zero-order valence-electron chi connectivity index (χ0n) is 10.0. The molecule has 0 aliphatic carbocycles. The van der Waals surface area contributed by atoms with Crippen molar-refractivity contribution < 1.29 is 12.8 Å². The molecule has 2 aromatic carbocycles. The summed E-state index contributed by atoms with van der Waals surface area (Å²) in [6.07, 6.45) is 0. The van der Waals surface area contributed by atoms with E-state index in [0.29, 0.717) is 5.69 Å². The fraction of sp³-hybridized carbons (Fsp3) is 0.0769. The van der Waals surface area contributed by atoms with Crippen LogP contribution in [0.2, 0.25) is 0 Å². The molecule has 0 aliphatic heterocycles. The van der Waals surface area contributed by atoms with Crippen LogP contribution >= 0.6 is 15.9 Å². The Balaban J connectivity index is 2.45. The lowest BCUT2D eigenvalue weighted by Crippen LogP contribution is -2.26. The molecule has 0 heterocycles. The highest BCUT2D eigenvalue weighted by molar-refractivity contribution is 9.10. The van der Waals surface area contributed by atoms with Crippen molar-refractivity contribution >= 4 is 31.6 Å². The number of rotatable bonds is 3. The van der Waals surface area contributed by atoms with Crippen molar-refractivity contribution in [2.24, 2.45) is 0 Å². The fourth-order valence-corrected chi connectivity index (χ4v) is 3.03. The van der Waals surface area contributed by atoms with Gasteiger partial charge in [-0.05, 0) is 46.3 Å². The van der Waals surface area contributed by atoms with E-state index in [4.69, 9.17) is 0 Å². The van der Waals surface area contributed by atoms with Crippen molar-refractivity contribution in [3.8, 4) is 0 Å². The summed E-state index contributed by atoms with van der Waals surface area (Å²) < 4.78 is 39.5. The Bertz CT molecular complexity index is 689. The van der Waals surface area contributed by atoms with Gasteiger partial charge in [0.1, 0.15) is 5.82 Å². The van der Waals surface area contributed by atoms with Crippen molar-refractivity contribution in [1.82, 2.24) is 0 Å². The van der Waals surface area contributed by atoms with Gasteiger partial charge in [-0.15, -0.1) is 0 Å². The molecular formula is C13H11BrFNO2S. The molecule has 0 aliphatic rings. The van der Waals surface area contributed by atoms with Gasteiger partial charge in [-0.2, -0.15) is 0 Å². The highest BCUT2D eigenvalue weighted by Crippen LogP contribution is 2.24. The molecule has 3 nitrogen and oxygen atoms in total. The standard InChI is InChI=1S/C13H11BrFNO2S/c1-16(10-5-3-2-4-6-10)19(17,18)11-7-8-12(14)13(15)9-11/h2-9H,1H3. The molecule has 0 N–H and O–H groups in total. The van der Waals surface area contributed by atoms with Crippen LogP contribution in [-0.4, -0.2) is 15.5 Å². The minimum absolute atomic E-state index is 0.0837. The van der Waals surface area contributed by atoms with Crippen LogP contribution in [0.15, 0.2) is 57.9 Å².